The Balaban J connectivity index is 4.83. The van der Waals surface area contributed by atoms with Gasteiger partial charge in [-0.2, -0.15) is 0 Å². The normalized spacial score (nSPS) is 14.3. The molecular formula is C54H89NO5. The van der Waals surface area contributed by atoms with Crippen molar-refractivity contribution in [2.75, 3.05) is 6.61 Å². The standard InChI is InChI=1S/C54H89NO5/c1-4-7-10-13-16-19-22-24-26-28-30-32-35-38-41-44-47-54(59)60-50(45-42-39-36-33-31-29-27-25-23-20-17-14-11-8-5-2)48-53(58)55-51(49-56)52(57)46-43-40-37-34-21-18-15-12-9-6-3/h7-8,10-11,16-17,19-20,24-27,30-33,39,42,50-52,56-57H,4-6,9,12-15,18,21-23,28-29,34-38,40-41,43-49H2,1-3H3,(H,55,58)/b10-7+,11-8-,19-16+,20-17-,26-24+,27-25-,32-30+,33-31-,42-39-. The van der Waals surface area contributed by atoms with Gasteiger partial charge in [0.15, 0.2) is 0 Å². The molecule has 1 amide bonds. The van der Waals surface area contributed by atoms with E-state index in [-0.39, 0.29) is 24.9 Å². The molecule has 0 rings (SSSR count). The Labute approximate surface area is 368 Å². The third kappa shape index (κ3) is 41.3. The number of hydrogen-bond donors (Lipinski definition) is 3. The number of hydrogen-bond acceptors (Lipinski definition) is 5. The molecule has 3 N–H and O–H groups in total. The minimum Gasteiger partial charge on any atom is -0.461 e. The van der Waals surface area contributed by atoms with E-state index in [1.54, 1.807) is 0 Å². The molecule has 0 radical (unpaired) electrons. The number of carbonyl (C=O) groups excluding carboxylic acids is 2. The lowest BCUT2D eigenvalue weighted by atomic mass is 10.0. The van der Waals surface area contributed by atoms with Crippen LogP contribution >= 0.6 is 0 Å². The fourth-order valence-corrected chi connectivity index (χ4v) is 6.50. The van der Waals surface area contributed by atoms with Gasteiger partial charge in [0.05, 0.1) is 25.2 Å². The summed E-state index contributed by atoms with van der Waals surface area (Å²) in [7, 11) is 0. The zero-order valence-corrected chi connectivity index (χ0v) is 38.5. The zero-order valence-electron chi connectivity index (χ0n) is 38.5. The van der Waals surface area contributed by atoms with Gasteiger partial charge in [-0.15, -0.1) is 0 Å². The number of nitrogens with one attached hydrogen (secondary N) is 1. The quantitative estimate of drug-likeness (QED) is 0.0324. The van der Waals surface area contributed by atoms with Gasteiger partial charge >= 0.3 is 5.97 Å². The molecular weight excluding hydrogens is 743 g/mol. The molecule has 6 heteroatoms. The first kappa shape index (κ1) is 56.5. The summed E-state index contributed by atoms with van der Waals surface area (Å²) in [6.07, 6.45) is 63.0. The number of amides is 1. The van der Waals surface area contributed by atoms with Crippen LogP contribution < -0.4 is 5.32 Å². The Kier molecular flexibility index (Phi) is 43.9. The second-order valence-electron chi connectivity index (χ2n) is 15.8. The molecule has 3 atom stereocenters. The summed E-state index contributed by atoms with van der Waals surface area (Å²) in [4.78, 5) is 26.0. The van der Waals surface area contributed by atoms with Gasteiger partial charge in [-0.25, -0.2) is 0 Å². The van der Waals surface area contributed by atoms with Gasteiger partial charge in [0.2, 0.25) is 5.91 Å². The summed E-state index contributed by atoms with van der Waals surface area (Å²) in [5, 5.41) is 23.6. The minimum atomic E-state index is -0.823. The van der Waals surface area contributed by atoms with Crippen LogP contribution in [-0.2, 0) is 14.3 Å². The summed E-state index contributed by atoms with van der Waals surface area (Å²) in [6, 6.07) is -0.744. The molecule has 0 fully saturated rings. The third-order valence-corrected chi connectivity index (χ3v) is 10.1. The van der Waals surface area contributed by atoms with Crippen LogP contribution in [0, 0.1) is 0 Å². The number of rotatable bonds is 41. The highest BCUT2D eigenvalue weighted by Gasteiger charge is 2.23. The van der Waals surface area contributed by atoms with Crippen LogP contribution in [0.3, 0.4) is 0 Å². The van der Waals surface area contributed by atoms with Crippen molar-refractivity contribution in [2.24, 2.45) is 0 Å². The highest BCUT2D eigenvalue weighted by atomic mass is 16.5. The molecule has 0 aromatic heterocycles. The Morgan fingerprint density at radius 3 is 1.40 bits per heavy atom. The van der Waals surface area contributed by atoms with Crippen molar-refractivity contribution in [1.82, 2.24) is 5.32 Å². The summed E-state index contributed by atoms with van der Waals surface area (Å²) in [5.41, 5.74) is 0. The monoisotopic (exact) mass is 832 g/mol. The van der Waals surface area contributed by atoms with Gasteiger partial charge in [0.25, 0.3) is 0 Å². The lowest BCUT2D eigenvalue weighted by Crippen LogP contribution is -2.46. The third-order valence-electron chi connectivity index (χ3n) is 10.1. The van der Waals surface area contributed by atoms with E-state index >= 15 is 0 Å². The average Bonchev–Trinajstić information content (AvgIpc) is 3.24. The molecule has 0 aliphatic rings. The van der Waals surface area contributed by atoms with Crippen LogP contribution in [0.4, 0.5) is 0 Å². The summed E-state index contributed by atoms with van der Waals surface area (Å²) in [6.45, 7) is 6.18. The number of aliphatic hydroxyl groups excluding tert-OH is 2. The van der Waals surface area contributed by atoms with E-state index in [4.69, 9.17) is 4.74 Å². The molecule has 0 aromatic rings. The van der Waals surface area contributed by atoms with Crippen LogP contribution in [0.15, 0.2) is 109 Å². The largest absolute Gasteiger partial charge is 0.461 e. The number of ether oxygens (including phenoxy) is 1. The maximum Gasteiger partial charge on any atom is 0.306 e. The topological polar surface area (TPSA) is 95.9 Å². The molecule has 0 saturated heterocycles. The van der Waals surface area contributed by atoms with Gasteiger partial charge < -0.3 is 20.3 Å². The van der Waals surface area contributed by atoms with E-state index in [1.165, 1.54) is 44.9 Å². The highest BCUT2D eigenvalue weighted by Crippen LogP contribution is 2.15. The van der Waals surface area contributed by atoms with Crippen molar-refractivity contribution in [3.05, 3.63) is 109 Å². The SMILES string of the molecule is CC/C=C\C/C=C\C/C=C\C/C=C\C/C=C\CC(CC(=O)NC(CO)C(O)CCCCCCCCCCCC)OC(=O)CCCCC/C=C/C/C=C/C/C=C/C/C=C/CC. The fourth-order valence-electron chi connectivity index (χ4n) is 6.50. The predicted octanol–water partition coefficient (Wildman–Crippen LogP) is 14.3. The maximum atomic E-state index is 13.1. The van der Waals surface area contributed by atoms with E-state index in [0.29, 0.717) is 19.3 Å². The van der Waals surface area contributed by atoms with Gasteiger partial charge in [0.1, 0.15) is 6.10 Å². The van der Waals surface area contributed by atoms with E-state index < -0.39 is 18.2 Å². The molecule has 3 unspecified atom stereocenters. The molecule has 0 aromatic carbocycles. The van der Waals surface area contributed by atoms with Crippen LogP contribution in [0.2, 0.25) is 0 Å². The van der Waals surface area contributed by atoms with Crippen molar-refractivity contribution < 1.29 is 24.5 Å². The number of unbranched alkanes of at least 4 members (excludes halogenated alkanes) is 12. The number of aliphatic hydroxyl groups is 2. The Bertz CT molecular complexity index is 1250. The molecule has 0 bridgehead atoms. The Morgan fingerprint density at radius 2 is 0.933 bits per heavy atom. The smallest absolute Gasteiger partial charge is 0.306 e. The molecule has 0 aliphatic heterocycles. The zero-order chi connectivity index (χ0) is 43.8. The molecule has 0 aliphatic carbocycles. The molecule has 60 heavy (non-hydrogen) atoms. The van der Waals surface area contributed by atoms with Crippen molar-refractivity contribution in [2.45, 2.75) is 212 Å². The van der Waals surface area contributed by atoms with Gasteiger partial charge in [0, 0.05) is 12.8 Å². The summed E-state index contributed by atoms with van der Waals surface area (Å²) >= 11 is 0. The van der Waals surface area contributed by atoms with Crippen molar-refractivity contribution in [3.63, 3.8) is 0 Å². The minimum absolute atomic E-state index is 0.0205. The van der Waals surface area contributed by atoms with Crippen LogP contribution in [0.1, 0.15) is 194 Å². The summed E-state index contributed by atoms with van der Waals surface area (Å²) in [5.74, 6) is -0.629. The second kappa shape index (κ2) is 46.6. The number of esters is 1. The van der Waals surface area contributed by atoms with E-state index in [2.05, 4.69) is 123 Å². The average molecular weight is 832 g/mol. The van der Waals surface area contributed by atoms with Crippen molar-refractivity contribution >= 4 is 11.9 Å². The molecule has 0 spiro atoms. The molecule has 6 nitrogen and oxygen atoms in total. The van der Waals surface area contributed by atoms with Crippen molar-refractivity contribution in [3.8, 4) is 0 Å². The van der Waals surface area contributed by atoms with Crippen LogP contribution in [0.5, 0.6) is 0 Å². The maximum absolute atomic E-state index is 13.1. The van der Waals surface area contributed by atoms with Gasteiger partial charge in [-0.3, -0.25) is 9.59 Å². The number of allylic oxidation sites excluding steroid dienone is 17. The first-order chi connectivity index (χ1) is 29.5. The van der Waals surface area contributed by atoms with E-state index in [0.717, 1.165) is 103 Å². The van der Waals surface area contributed by atoms with Crippen LogP contribution in [-0.4, -0.2) is 46.9 Å². The predicted molar refractivity (Wildman–Crippen MR) is 259 cm³/mol. The van der Waals surface area contributed by atoms with E-state index in [1.807, 2.05) is 12.2 Å². The summed E-state index contributed by atoms with van der Waals surface area (Å²) < 4.78 is 5.84. The lowest BCUT2D eigenvalue weighted by Gasteiger charge is -2.24. The first-order valence-electron chi connectivity index (χ1n) is 24.1. The molecule has 340 valence electrons. The lowest BCUT2D eigenvalue weighted by molar-refractivity contribution is -0.150. The van der Waals surface area contributed by atoms with E-state index in [9.17, 15) is 19.8 Å². The Morgan fingerprint density at radius 1 is 0.517 bits per heavy atom. The highest BCUT2D eigenvalue weighted by molar-refractivity contribution is 5.77. The van der Waals surface area contributed by atoms with Crippen LogP contribution in [0.25, 0.3) is 0 Å². The van der Waals surface area contributed by atoms with Gasteiger partial charge in [-0.05, 0) is 83.5 Å². The first-order valence-corrected chi connectivity index (χ1v) is 24.1. The molecule has 0 heterocycles. The molecule has 0 saturated carbocycles. The second-order valence-corrected chi connectivity index (χ2v) is 15.8. The van der Waals surface area contributed by atoms with Gasteiger partial charge in [-0.1, -0.05) is 201 Å². The van der Waals surface area contributed by atoms with Crippen molar-refractivity contribution in [1.29, 1.82) is 0 Å². The Hall–Kier alpha value is -3.48. The fraction of sp³-hybridized carbons (Fsp3) is 0.630. The number of carbonyl (C=O) groups is 2.